The normalized spacial score (nSPS) is 39.3. The average Bonchev–Trinajstić information content (AvgIpc) is 3.40. The van der Waals surface area contributed by atoms with E-state index in [9.17, 15) is 9.59 Å². The molecule has 132 valence electrons. The molecule has 1 saturated heterocycles. The van der Waals surface area contributed by atoms with Gasteiger partial charge in [-0.1, -0.05) is 40.5 Å². The summed E-state index contributed by atoms with van der Waals surface area (Å²) in [6, 6.07) is 9.49. The van der Waals surface area contributed by atoms with Crippen LogP contribution in [0.25, 0.3) is 0 Å². The van der Waals surface area contributed by atoms with Gasteiger partial charge < -0.3 is 0 Å². The second-order valence-electron chi connectivity index (χ2n) is 8.93. The smallest absolute Gasteiger partial charge is 0.238 e. The topological polar surface area (TPSA) is 37.4 Å². The van der Waals surface area contributed by atoms with Gasteiger partial charge in [0.15, 0.2) is 0 Å². The number of amides is 2. The van der Waals surface area contributed by atoms with Gasteiger partial charge in [0.1, 0.15) is 0 Å². The third-order valence-corrected chi connectivity index (χ3v) is 7.69. The van der Waals surface area contributed by atoms with E-state index in [2.05, 4.69) is 13.8 Å². The van der Waals surface area contributed by atoms with E-state index < -0.39 is 0 Å². The molecule has 0 radical (unpaired) electrons. The Morgan fingerprint density at radius 2 is 1.42 bits per heavy atom. The number of hydrogen-bond donors (Lipinski definition) is 0. The molecule has 1 heterocycles. The molecule has 3 nitrogen and oxygen atoms in total. The lowest BCUT2D eigenvalue weighted by molar-refractivity contribution is -0.123. The average molecular weight is 345 g/mol. The van der Waals surface area contributed by atoms with Gasteiger partial charge in [-0.2, -0.15) is 0 Å². The molecule has 4 bridgehead atoms. The first-order valence-electron chi connectivity index (χ1n) is 9.93. The van der Waals surface area contributed by atoms with Gasteiger partial charge in [-0.05, 0) is 57.1 Å². The van der Waals surface area contributed by atoms with Crippen LogP contribution in [0.5, 0.6) is 0 Å². The summed E-state index contributed by atoms with van der Waals surface area (Å²) in [6.07, 6.45) is 3.84. The third kappa shape index (κ3) is 1.53. The predicted octanol–water partition coefficient (Wildman–Crippen LogP) is 4.11. The summed E-state index contributed by atoms with van der Waals surface area (Å²) in [7, 11) is 0. The van der Waals surface area contributed by atoms with E-state index in [1.165, 1.54) is 35.3 Å². The van der Waals surface area contributed by atoms with E-state index in [-0.39, 0.29) is 35.5 Å². The van der Waals surface area contributed by atoms with E-state index >= 15 is 0 Å². The van der Waals surface area contributed by atoms with Crippen LogP contribution in [0, 0.1) is 35.5 Å². The summed E-state index contributed by atoms with van der Waals surface area (Å²) < 4.78 is 0. The lowest BCUT2D eigenvalue weighted by Crippen LogP contribution is -2.33. The number of allylic oxidation sites excluding steroid dienone is 4. The van der Waals surface area contributed by atoms with E-state index in [0.717, 1.165) is 5.69 Å². The van der Waals surface area contributed by atoms with Gasteiger partial charge >= 0.3 is 0 Å². The maximum absolute atomic E-state index is 13.4. The van der Waals surface area contributed by atoms with Crippen LogP contribution in [0.3, 0.4) is 0 Å². The second kappa shape index (κ2) is 4.76. The fourth-order valence-electron chi connectivity index (χ4n) is 7.05. The SMILES string of the molecule is CC(C)=C1[C@H]2C3=C([C@H]4CC[C@H]3C4)[C@H]1[C@@H]1C(=O)N(c3ccccc3)C(=O)[C@H]21. The van der Waals surface area contributed by atoms with Gasteiger partial charge in [0.05, 0.1) is 17.5 Å². The molecule has 2 amide bonds. The Morgan fingerprint density at radius 3 is 1.92 bits per heavy atom. The minimum absolute atomic E-state index is 0.0340. The number of rotatable bonds is 1. The van der Waals surface area contributed by atoms with Crippen LogP contribution >= 0.6 is 0 Å². The van der Waals surface area contributed by atoms with Crippen molar-refractivity contribution in [2.24, 2.45) is 35.5 Å². The Labute approximate surface area is 153 Å². The molecule has 0 spiro atoms. The number of benzene rings is 1. The molecule has 5 aliphatic rings. The summed E-state index contributed by atoms with van der Waals surface area (Å²) in [5, 5.41) is 0. The van der Waals surface area contributed by atoms with Gasteiger partial charge in [0.2, 0.25) is 11.8 Å². The van der Waals surface area contributed by atoms with Crippen molar-refractivity contribution in [1.82, 2.24) is 0 Å². The zero-order chi connectivity index (χ0) is 17.7. The summed E-state index contributed by atoms with van der Waals surface area (Å²) in [5.41, 5.74) is 6.66. The third-order valence-electron chi connectivity index (χ3n) is 7.69. The molecule has 0 unspecified atom stereocenters. The first kappa shape index (κ1) is 15.0. The largest absolute Gasteiger partial charge is 0.274 e. The number of hydrogen-bond acceptors (Lipinski definition) is 2. The van der Waals surface area contributed by atoms with Crippen LogP contribution in [-0.2, 0) is 9.59 Å². The standard InChI is InChI=1S/C23H23NO2/c1-11(2)15-18-16-12-8-9-13(10-12)17(16)19(15)21-20(18)22(25)24(23(21)26)14-6-4-3-5-7-14/h3-7,12-13,18-21H,8-10H2,1-2H3/t12-,13-,18-,19-,20-,21+/m0/s1. The Bertz CT molecular complexity index is 873. The number of anilines is 1. The van der Waals surface area contributed by atoms with E-state index in [1.54, 1.807) is 11.1 Å². The van der Waals surface area contributed by atoms with Crippen molar-refractivity contribution in [3.63, 3.8) is 0 Å². The van der Waals surface area contributed by atoms with E-state index in [0.29, 0.717) is 11.8 Å². The number of carbonyl (C=O) groups excluding carboxylic acids is 2. The van der Waals surface area contributed by atoms with Crippen molar-refractivity contribution in [2.45, 2.75) is 33.1 Å². The molecule has 2 saturated carbocycles. The molecular formula is C23H23NO2. The van der Waals surface area contributed by atoms with E-state index in [4.69, 9.17) is 0 Å². The Kier molecular flexibility index (Phi) is 2.74. The predicted molar refractivity (Wildman–Crippen MR) is 99.1 cm³/mol. The molecule has 1 aliphatic heterocycles. The van der Waals surface area contributed by atoms with Gasteiger partial charge in [0.25, 0.3) is 0 Å². The van der Waals surface area contributed by atoms with Crippen LogP contribution in [0.15, 0.2) is 52.6 Å². The molecular weight excluding hydrogens is 322 g/mol. The van der Waals surface area contributed by atoms with Crippen molar-refractivity contribution in [2.75, 3.05) is 4.90 Å². The number of carbonyl (C=O) groups is 2. The molecule has 0 N–H and O–H groups in total. The van der Waals surface area contributed by atoms with Crippen LogP contribution < -0.4 is 4.90 Å². The van der Waals surface area contributed by atoms with Gasteiger partial charge in [-0.25, -0.2) is 4.90 Å². The highest BCUT2D eigenvalue weighted by Gasteiger charge is 2.69. The van der Waals surface area contributed by atoms with E-state index in [1.807, 2.05) is 30.3 Å². The number of para-hydroxylation sites is 1. The zero-order valence-corrected chi connectivity index (χ0v) is 15.2. The maximum atomic E-state index is 13.4. The Morgan fingerprint density at radius 1 is 0.885 bits per heavy atom. The van der Waals surface area contributed by atoms with Gasteiger partial charge in [-0.3, -0.25) is 9.59 Å². The molecule has 6 rings (SSSR count). The molecule has 6 atom stereocenters. The van der Waals surface area contributed by atoms with Crippen LogP contribution in [0.1, 0.15) is 33.1 Å². The number of fused-ring (bicyclic) bond motifs is 11. The molecule has 1 aromatic carbocycles. The molecule has 0 aromatic heterocycles. The molecule has 3 heteroatoms. The summed E-state index contributed by atoms with van der Waals surface area (Å²) in [5.74, 6) is 1.53. The zero-order valence-electron chi connectivity index (χ0n) is 15.2. The summed E-state index contributed by atoms with van der Waals surface area (Å²) in [6.45, 7) is 4.34. The van der Waals surface area contributed by atoms with Crippen molar-refractivity contribution in [3.8, 4) is 0 Å². The number of nitrogens with zero attached hydrogens (tertiary/aromatic N) is 1. The van der Waals surface area contributed by atoms with Crippen LogP contribution in [0.2, 0.25) is 0 Å². The molecule has 1 aromatic rings. The monoisotopic (exact) mass is 345 g/mol. The molecule has 4 aliphatic carbocycles. The summed E-state index contributed by atoms with van der Waals surface area (Å²) >= 11 is 0. The highest BCUT2D eigenvalue weighted by atomic mass is 16.2. The van der Waals surface area contributed by atoms with Crippen molar-refractivity contribution in [1.29, 1.82) is 0 Å². The summed E-state index contributed by atoms with van der Waals surface area (Å²) in [4.78, 5) is 28.3. The highest BCUT2D eigenvalue weighted by Crippen LogP contribution is 2.70. The molecule has 26 heavy (non-hydrogen) atoms. The highest BCUT2D eigenvalue weighted by molar-refractivity contribution is 6.23. The van der Waals surface area contributed by atoms with Crippen molar-refractivity contribution >= 4 is 17.5 Å². The minimum atomic E-state index is -0.157. The van der Waals surface area contributed by atoms with Gasteiger partial charge in [0, 0.05) is 11.8 Å². The second-order valence-corrected chi connectivity index (χ2v) is 8.93. The van der Waals surface area contributed by atoms with Crippen molar-refractivity contribution < 1.29 is 9.59 Å². The number of imide groups is 1. The van der Waals surface area contributed by atoms with Crippen molar-refractivity contribution in [3.05, 3.63) is 52.6 Å². The Balaban J connectivity index is 1.51. The fraction of sp³-hybridized carbons (Fsp3) is 0.478. The van der Waals surface area contributed by atoms with Crippen LogP contribution in [-0.4, -0.2) is 11.8 Å². The lowest BCUT2D eigenvalue weighted by atomic mass is 9.72. The first-order chi connectivity index (χ1) is 12.6. The molecule has 3 fully saturated rings. The quantitative estimate of drug-likeness (QED) is 0.436. The maximum Gasteiger partial charge on any atom is 0.238 e. The Hall–Kier alpha value is -2.16. The minimum Gasteiger partial charge on any atom is -0.274 e. The van der Waals surface area contributed by atoms with Gasteiger partial charge in [-0.15, -0.1) is 0 Å². The first-order valence-corrected chi connectivity index (χ1v) is 9.93. The lowest BCUT2D eigenvalue weighted by Gasteiger charge is -2.28. The van der Waals surface area contributed by atoms with Crippen LogP contribution in [0.4, 0.5) is 5.69 Å². The fourth-order valence-corrected chi connectivity index (χ4v) is 7.05.